The van der Waals surface area contributed by atoms with Gasteiger partial charge in [0.05, 0.1) is 47.1 Å². The molecule has 5 aliphatic rings. The standard InChI is InChI=1S/C61H73N15O14S4/c1-12-24(3)42-54(87)66-27(6)49(82)64-26(5)48(81)65-28(7)50(83)76-61-17-16-25(4)63-46(61)37-20-92-56(70-37)43(30(9)90-58(88)36-18-33(29(8)77)32-14-15-35(68-42)45(80)44(32)69-36)74-52(85)39-22-93-57(72-39)47(60(11,89)31(10)78)75-53(86)40-21-91-55(71-40)34(13-2)67-41(79)19-62-51(84)38-23-94-59(61)73-38/h13-15,18-20,22-24,27-31,35,40,42-43,45-47,68,77-78,80,89H,4-5,12,16-17,21H2,1-3,6-11H3,(H,62,84)(H,64,82)(H,65,81)(H,66,87)(H,67,79)(H,74,85)(H,75,86)(H,76,83)/b34-13-/t24?,27-,28-,29-,30+,31+,35+,40+,42-,43-,45-,46-,47+,60-,61+/m0/s1. The van der Waals surface area contributed by atoms with E-state index in [1.165, 1.54) is 64.4 Å². The number of allylic oxidation sites excluding steroid dienone is 1. The van der Waals surface area contributed by atoms with E-state index >= 15 is 0 Å². The number of amides is 8. The van der Waals surface area contributed by atoms with Gasteiger partial charge in [0.1, 0.15) is 103 Å². The molecule has 1 unspecified atom stereocenters. The minimum Gasteiger partial charge on any atom is -0.455 e. The molecule has 4 aliphatic heterocycles. The first-order valence-electron chi connectivity index (χ1n) is 30.0. The Labute approximate surface area is 556 Å². The maximum absolute atomic E-state index is 14.9. The average Bonchev–Trinajstić information content (AvgIpc) is 1.38. The second-order valence-corrected chi connectivity index (χ2v) is 27.2. The minimum absolute atomic E-state index is 0.00572. The van der Waals surface area contributed by atoms with Gasteiger partial charge in [0.2, 0.25) is 29.5 Å². The summed E-state index contributed by atoms with van der Waals surface area (Å²) in [7, 11) is 0. The Morgan fingerprint density at radius 2 is 1.52 bits per heavy atom. The highest BCUT2D eigenvalue weighted by molar-refractivity contribution is 8.14. The first-order valence-corrected chi connectivity index (χ1v) is 33.7. The van der Waals surface area contributed by atoms with Gasteiger partial charge in [0, 0.05) is 33.2 Å². The molecule has 33 heteroatoms. The zero-order chi connectivity index (χ0) is 68.4. The van der Waals surface area contributed by atoms with E-state index in [2.05, 4.69) is 76.3 Å². The van der Waals surface area contributed by atoms with Crippen molar-refractivity contribution in [2.24, 2.45) is 15.9 Å². The maximum atomic E-state index is 14.9. The van der Waals surface area contributed by atoms with Crippen molar-refractivity contribution in [2.75, 3.05) is 5.75 Å². The van der Waals surface area contributed by atoms with Gasteiger partial charge in [-0.15, -0.1) is 45.8 Å². The molecule has 0 saturated carbocycles. The van der Waals surface area contributed by atoms with Crippen LogP contribution in [0.1, 0.15) is 181 Å². The Morgan fingerprint density at radius 1 is 0.819 bits per heavy atom. The van der Waals surface area contributed by atoms with Crippen molar-refractivity contribution in [2.45, 2.75) is 165 Å². The summed E-state index contributed by atoms with van der Waals surface area (Å²) in [5, 5.41) is 75.4. The second kappa shape index (κ2) is 28.9. The Balaban J connectivity index is 1.19. The van der Waals surface area contributed by atoms with Crippen molar-refractivity contribution in [3.8, 4) is 0 Å². The molecule has 94 heavy (non-hydrogen) atoms. The molecule has 8 amide bonds. The number of aliphatic hydroxyl groups excluding tert-OH is 3. The number of thioether (sulfide) groups is 1. The molecule has 8 heterocycles. The third-order valence-electron chi connectivity index (χ3n) is 16.7. The first-order chi connectivity index (χ1) is 44.4. The molecular weight excluding hydrogens is 1300 g/mol. The van der Waals surface area contributed by atoms with Crippen molar-refractivity contribution < 1.29 is 68.3 Å². The third-order valence-corrected chi connectivity index (χ3v) is 20.7. The molecule has 29 nitrogen and oxygen atoms in total. The fourth-order valence-electron chi connectivity index (χ4n) is 10.7. The SMILES string of the molecule is [CH2]C1=N[C@H]2c3csc(n3)[C@H]3NC(=O)c4csc(n4)[C@H]([C@@](C)(O)[C@@H](C)O)NC(=O)[C@H]4CSC(=N4)/C(=C/C)NC(=O)[CH]NC(=O)c4csc(n4)[C@]2(CC1)NC(=O)[C@H](C)NC(=O)C(=C)NC(=O)[C@H](C)NC(=O)[C@H](C(C)CC)N[C@@H]1C=Cc2c([C@H](C)O)cc(nc2[C@H]1O)C(=O)O[C@@H]3C. The average molecular weight is 1370 g/mol. The molecule has 0 fully saturated rings. The van der Waals surface area contributed by atoms with Crippen LogP contribution in [0.5, 0.6) is 0 Å². The normalized spacial score (nSPS) is 29.2. The van der Waals surface area contributed by atoms with E-state index in [1.54, 1.807) is 31.4 Å². The summed E-state index contributed by atoms with van der Waals surface area (Å²) in [5.41, 5.74) is -4.16. The van der Waals surface area contributed by atoms with Crippen LogP contribution in [0.3, 0.4) is 0 Å². The van der Waals surface area contributed by atoms with Gasteiger partial charge < -0.3 is 67.7 Å². The molecule has 15 atom stereocenters. The lowest BCUT2D eigenvalue weighted by atomic mass is 9.80. The van der Waals surface area contributed by atoms with E-state index in [0.29, 0.717) is 12.1 Å². The van der Waals surface area contributed by atoms with Crippen LogP contribution in [0.4, 0.5) is 0 Å². The molecule has 1 aliphatic carbocycles. The van der Waals surface area contributed by atoms with E-state index < -0.39 is 149 Å². The monoisotopic (exact) mass is 1370 g/mol. The zero-order valence-corrected chi connectivity index (χ0v) is 55.8. The molecule has 0 saturated heterocycles. The van der Waals surface area contributed by atoms with Crippen LogP contribution in [0.2, 0.25) is 0 Å². The second-order valence-electron chi connectivity index (χ2n) is 23.6. The zero-order valence-electron chi connectivity index (χ0n) is 52.6. The number of ether oxygens (including phenoxy) is 1. The summed E-state index contributed by atoms with van der Waals surface area (Å²) >= 11 is 3.92. The highest BCUT2D eigenvalue weighted by Crippen LogP contribution is 2.47. The van der Waals surface area contributed by atoms with Crippen molar-refractivity contribution in [3.63, 3.8) is 0 Å². The molecular formula is C61H73N15O14S4. The van der Waals surface area contributed by atoms with E-state index in [9.17, 15) is 63.6 Å². The number of hydrogen-bond acceptors (Lipinski definition) is 25. The summed E-state index contributed by atoms with van der Waals surface area (Å²) in [6.07, 6.45) is -0.433. The summed E-state index contributed by atoms with van der Waals surface area (Å²) < 4.78 is 6.19. The van der Waals surface area contributed by atoms with Crippen molar-refractivity contribution in [3.05, 3.63) is 120 Å². The van der Waals surface area contributed by atoms with Gasteiger partial charge in [0.15, 0.2) is 0 Å². The lowest BCUT2D eigenvalue weighted by Gasteiger charge is -2.41. The number of aliphatic hydroxyl groups is 4. The van der Waals surface area contributed by atoms with Gasteiger partial charge in [0.25, 0.3) is 17.7 Å². The van der Waals surface area contributed by atoms with Crippen LogP contribution in [-0.4, -0.2) is 158 Å². The number of rotatable bonds is 5. The fourth-order valence-corrected chi connectivity index (χ4v) is 14.8. The Kier molecular flexibility index (Phi) is 21.6. The van der Waals surface area contributed by atoms with E-state index in [-0.39, 0.29) is 84.0 Å². The predicted molar refractivity (Wildman–Crippen MR) is 348 cm³/mol. The van der Waals surface area contributed by atoms with Crippen molar-refractivity contribution in [1.82, 2.24) is 67.8 Å². The fraction of sp³-hybridized carbons (Fsp3) is 0.459. The molecule has 500 valence electrons. The summed E-state index contributed by atoms with van der Waals surface area (Å²) in [5.74, 6) is -7.99. The highest BCUT2D eigenvalue weighted by atomic mass is 32.2. The molecule has 13 bridgehead atoms. The molecule has 13 N–H and O–H groups in total. The van der Waals surface area contributed by atoms with Crippen molar-refractivity contribution in [1.29, 1.82) is 0 Å². The number of carbonyl (C=O) groups excluding carboxylic acids is 9. The number of nitrogens with one attached hydrogen (secondary N) is 9. The number of hydrogen-bond donors (Lipinski definition) is 13. The van der Waals surface area contributed by atoms with Crippen LogP contribution >= 0.6 is 45.8 Å². The van der Waals surface area contributed by atoms with Crippen LogP contribution < -0.4 is 47.9 Å². The molecule has 0 spiro atoms. The van der Waals surface area contributed by atoms with Gasteiger partial charge in [-0.25, -0.2) is 24.7 Å². The van der Waals surface area contributed by atoms with E-state index in [1.807, 2.05) is 6.92 Å². The van der Waals surface area contributed by atoms with Crippen LogP contribution in [0.15, 0.2) is 62.3 Å². The maximum Gasteiger partial charge on any atom is 0.357 e. The Bertz CT molecular complexity index is 3820. The van der Waals surface area contributed by atoms with E-state index in [0.717, 1.165) is 52.3 Å². The van der Waals surface area contributed by atoms with Crippen molar-refractivity contribution >= 4 is 116 Å². The van der Waals surface area contributed by atoms with Crippen LogP contribution in [-0.2, 0) is 39.0 Å². The van der Waals surface area contributed by atoms with E-state index in [4.69, 9.17) is 19.7 Å². The molecule has 2 radical (unpaired) electrons. The summed E-state index contributed by atoms with van der Waals surface area (Å²) in [6, 6.07) is -8.71. The lowest BCUT2D eigenvalue weighted by molar-refractivity contribution is -0.131. The Hall–Kier alpha value is -8.02. The van der Waals surface area contributed by atoms with Gasteiger partial charge in [-0.3, -0.25) is 53.7 Å². The number of fused-ring (bicyclic) bond motifs is 7. The largest absolute Gasteiger partial charge is 0.455 e. The summed E-state index contributed by atoms with van der Waals surface area (Å²) in [6.45, 7) is 22.2. The van der Waals surface area contributed by atoms with Crippen LogP contribution in [0, 0.1) is 19.4 Å². The van der Waals surface area contributed by atoms with Crippen LogP contribution in [0.25, 0.3) is 6.08 Å². The minimum atomic E-state index is -2.11. The van der Waals surface area contributed by atoms with Gasteiger partial charge in [-0.05, 0) is 85.8 Å². The topological polar surface area (TPSA) is 428 Å². The highest BCUT2D eigenvalue weighted by Gasteiger charge is 2.50. The Morgan fingerprint density at radius 3 is 2.22 bits per heavy atom. The molecule has 4 aromatic heterocycles. The summed E-state index contributed by atoms with van der Waals surface area (Å²) in [4.78, 5) is 156. The quantitative estimate of drug-likeness (QED) is 0.101. The predicted octanol–water partition coefficient (Wildman–Crippen LogP) is 2.16. The third kappa shape index (κ3) is 14.9. The number of aliphatic imine (C=N–C) groups is 2. The lowest BCUT2D eigenvalue weighted by Crippen LogP contribution is -2.57. The number of cyclic esters (lactones) is 1. The number of nitrogens with zero attached hydrogens (tertiary/aromatic N) is 6. The molecule has 0 aromatic carbocycles. The van der Waals surface area contributed by atoms with Gasteiger partial charge >= 0.3 is 5.97 Å². The number of pyridine rings is 1. The van der Waals surface area contributed by atoms with Gasteiger partial charge in [-0.1, -0.05) is 45.1 Å². The number of esters is 1. The van der Waals surface area contributed by atoms with Gasteiger partial charge in [-0.2, -0.15) is 0 Å². The smallest absolute Gasteiger partial charge is 0.357 e. The molecule has 4 aromatic rings. The number of thiazole rings is 3. The number of carbonyl (C=O) groups is 9. The molecule has 9 rings (SSSR count). The number of aromatic nitrogens is 4. The first kappa shape index (κ1) is 70.3.